The van der Waals surface area contributed by atoms with Gasteiger partial charge in [-0.1, -0.05) is 24.8 Å². The Labute approximate surface area is 137 Å². The number of urea groups is 1. The van der Waals surface area contributed by atoms with Crippen LogP contribution in [0.25, 0.3) is 0 Å². The molecule has 1 aliphatic rings. The molecule has 0 bridgehead atoms. The molecular weight excluding hydrogens is 294 g/mol. The second-order valence-electron chi connectivity index (χ2n) is 6.84. The summed E-state index contributed by atoms with van der Waals surface area (Å²) in [6, 6.07) is 5.95. The predicted octanol–water partition coefficient (Wildman–Crippen LogP) is 4.11. The van der Waals surface area contributed by atoms with Crippen molar-refractivity contribution in [2.75, 3.05) is 11.4 Å². The summed E-state index contributed by atoms with van der Waals surface area (Å²) in [4.78, 5) is 19.0. The molecule has 2 amide bonds. The summed E-state index contributed by atoms with van der Waals surface area (Å²) in [6.45, 7) is 13.0. The van der Waals surface area contributed by atoms with Crippen molar-refractivity contribution in [2.24, 2.45) is 4.99 Å². The Hall–Kier alpha value is -1.49. The van der Waals surface area contributed by atoms with Gasteiger partial charge in [0.25, 0.3) is 0 Å². The summed E-state index contributed by atoms with van der Waals surface area (Å²) in [5.74, 6) is 0. The molecule has 1 aromatic carbocycles. The minimum Gasteiger partial charge on any atom is -0.333 e. The van der Waals surface area contributed by atoms with Crippen molar-refractivity contribution in [1.82, 2.24) is 5.32 Å². The Morgan fingerprint density at radius 1 is 1.32 bits per heavy atom. The molecular formula is C17H25N3OS. The molecule has 0 saturated carbocycles. The highest BCUT2D eigenvalue weighted by atomic mass is 32.2. The van der Waals surface area contributed by atoms with E-state index in [1.807, 2.05) is 39.0 Å². The van der Waals surface area contributed by atoms with Gasteiger partial charge in [-0.3, -0.25) is 4.99 Å². The van der Waals surface area contributed by atoms with Crippen LogP contribution in [0.2, 0.25) is 0 Å². The summed E-state index contributed by atoms with van der Waals surface area (Å²) >= 11 is 1.65. The number of aryl methyl sites for hydroxylation is 2. The van der Waals surface area contributed by atoms with E-state index in [-0.39, 0.29) is 11.6 Å². The largest absolute Gasteiger partial charge is 0.333 e. The van der Waals surface area contributed by atoms with Crippen LogP contribution in [0.5, 0.6) is 0 Å². The molecule has 0 aromatic heterocycles. The van der Waals surface area contributed by atoms with Gasteiger partial charge in [-0.25, -0.2) is 9.69 Å². The van der Waals surface area contributed by atoms with Crippen LogP contribution < -0.4 is 10.2 Å². The minimum absolute atomic E-state index is 0.129. The number of nitrogens with zero attached hydrogens (tertiary/aromatic N) is 2. The number of hydrogen-bond acceptors (Lipinski definition) is 3. The standard InChI is InChI=1S/C17H25N3OS/c1-11-7-8-14(9-12(11)2)20(15(21)19-17(4,5)6)16-18-10-13(3)22-16/h7-9,13H,10H2,1-6H3,(H,19,21). The summed E-state index contributed by atoms with van der Waals surface area (Å²) < 4.78 is 0. The lowest BCUT2D eigenvalue weighted by molar-refractivity contribution is 0.240. The van der Waals surface area contributed by atoms with E-state index in [2.05, 4.69) is 31.1 Å². The number of thioether (sulfide) groups is 1. The summed E-state index contributed by atoms with van der Waals surface area (Å²) in [5, 5.41) is 4.22. The first-order valence-electron chi connectivity index (χ1n) is 7.58. The van der Waals surface area contributed by atoms with Gasteiger partial charge >= 0.3 is 6.03 Å². The molecule has 0 aliphatic carbocycles. The van der Waals surface area contributed by atoms with Crippen molar-refractivity contribution in [3.63, 3.8) is 0 Å². The number of aliphatic imine (C=N–C) groups is 1. The number of anilines is 1. The van der Waals surface area contributed by atoms with Crippen LogP contribution in [-0.4, -0.2) is 28.5 Å². The van der Waals surface area contributed by atoms with Crippen molar-refractivity contribution < 1.29 is 4.79 Å². The molecule has 5 heteroatoms. The second kappa shape index (κ2) is 6.32. The van der Waals surface area contributed by atoms with Crippen LogP contribution in [0, 0.1) is 13.8 Å². The molecule has 1 aromatic rings. The van der Waals surface area contributed by atoms with E-state index in [0.29, 0.717) is 5.25 Å². The third kappa shape index (κ3) is 4.03. The number of amidine groups is 1. The molecule has 120 valence electrons. The smallest absolute Gasteiger partial charge is 0.328 e. The first-order chi connectivity index (χ1) is 10.2. The normalized spacial score (nSPS) is 18.1. The maximum absolute atomic E-state index is 12.8. The highest BCUT2D eigenvalue weighted by Gasteiger charge is 2.29. The van der Waals surface area contributed by atoms with Gasteiger partial charge in [-0.2, -0.15) is 0 Å². The molecule has 1 heterocycles. The van der Waals surface area contributed by atoms with Crippen LogP contribution >= 0.6 is 11.8 Å². The third-order valence-electron chi connectivity index (χ3n) is 3.42. The van der Waals surface area contributed by atoms with E-state index < -0.39 is 0 Å². The lowest BCUT2D eigenvalue weighted by Gasteiger charge is -2.28. The second-order valence-corrected chi connectivity index (χ2v) is 8.24. The molecule has 1 N–H and O–H groups in total. The lowest BCUT2D eigenvalue weighted by Crippen LogP contribution is -2.50. The quantitative estimate of drug-likeness (QED) is 0.846. The van der Waals surface area contributed by atoms with E-state index in [9.17, 15) is 4.79 Å². The van der Waals surface area contributed by atoms with Crippen LogP contribution in [0.1, 0.15) is 38.8 Å². The van der Waals surface area contributed by atoms with Gasteiger partial charge in [0.05, 0.1) is 12.2 Å². The Balaban J connectivity index is 2.37. The molecule has 22 heavy (non-hydrogen) atoms. The average Bonchev–Trinajstić information content (AvgIpc) is 2.78. The molecule has 1 atom stereocenters. The fraction of sp³-hybridized carbons (Fsp3) is 0.529. The summed E-state index contributed by atoms with van der Waals surface area (Å²) in [6.07, 6.45) is 0. The first-order valence-corrected chi connectivity index (χ1v) is 8.46. The Morgan fingerprint density at radius 3 is 2.50 bits per heavy atom. The van der Waals surface area contributed by atoms with Crippen LogP contribution in [0.15, 0.2) is 23.2 Å². The van der Waals surface area contributed by atoms with E-state index in [1.165, 1.54) is 11.1 Å². The summed E-state index contributed by atoms with van der Waals surface area (Å²) in [5.41, 5.74) is 2.96. The van der Waals surface area contributed by atoms with Gasteiger partial charge in [-0.15, -0.1) is 0 Å². The van der Waals surface area contributed by atoms with Crippen molar-refractivity contribution in [3.05, 3.63) is 29.3 Å². The van der Waals surface area contributed by atoms with Gasteiger partial charge in [0.2, 0.25) is 0 Å². The molecule has 0 spiro atoms. The maximum atomic E-state index is 12.8. The molecule has 0 saturated heterocycles. The Bertz CT molecular complexity index is 604. The number of benzene rings is 1. The highest BCUT2D eigenvalue weighted by Crippen LogP contribution is 2.28. The van der Waals surface area contributed by atoms with Gasteiger partial charge in [0, 0.05) is 10.8 Å². The molecule has 1 aliphatic heterocycles. The Kier molecular flexibility index (Phi) is 4.85. The zero-order valence-corrected chi connectivity index (χ0v) is 15.0. The van der Waals surface area contributed by atoms with Crippen molar-refractivity contribution >= 4 is 28.6 Å². The van der Waals surface area contributed by atoms with E-state index in [4.69, 9.17) is 0 Å². The number of hydrogen-bond donors (Lipinski definition) is 1. The first kappa shape index (κ1) is 16.9. The number of carbonyl (C=O) groups excluding carboxylic acids is 1. The predicted molar refractivity (Wildman–Crippen MR) is 96.0 cm³/mol. The fourth-order valence-corrected chi connectivity index (χ4v) is 3.09. The van der Waals surface area contributed by atoms with Gasteiger partial charge < -0.3 is 5.32 Å². The van der Waals surface area contributed by atoms with Crippen molar-refractivity contribution in [2.45, 2.75) is 52.3 Å². The van der Waals surface area contributed by atoms with Crippen LogP contribution in [-0.2, 0) is 0 Å². The van der Waals surface area contributed by atoms with E-state index >= 15 is 0 Å². The number of nitrogens with one attached hydrogen (secondary N) is 1. The molecule has 1 unspecified atom stereocenters. The molecule has 2 rings (SSSR count). The monoisotopic (exact) mass is 319 g/mol. The number of amides is 2. The topological polar surface area (TPSA) is 44.7 Å². The lowest BCUT2D eigenvalue weighted by atomic mass is 10.1. The van der Waals surface area contributed by atoms with Crippen molar-refractivity contribution in [1.29, 1.82) is 0 Å². The third-order valence-corrected chi connectivity index (χ3v) is 4.49. The Morgan fingerprint density at radius 2 is 2.00 bits per heavy atom. The fourth-order valence-electron chi connectivity index (χ4n) is 2.14. The molecule has 0 radical (unpaired) electrons. The van der Waals surface area contributed by atoms with Gasteiger partial charge in [0.15, 0.2) is 5.17 Å². The summed E-state index contributed by atoms with van der Waals surface area (Å²) in [7, 11) is 0. The van der Waals surface area contributed by atoms with Crippen LogP contribution in [0.3, 0.4) is 0 Å². The zero-order valence-electron chi connectivity index (χ0n) is 14.2. The highest BCUT2D eigenvalue weighted by molar-refractivity contribution is 8.15. The SMILES string of the molecule is Cc1ccc(N(C(=O)NC(C)(C)C)C2=NCC(C)S2)cc1C. The molecule has 4 nitrogen and oxygen atoms in total. The number of carbonyl (C=O) groups is 1. The van der Waals surface area contributed by atoms with Gasteiger partial charge in [-0.05, 0) is 57.9 Å². The van der Waals surface area contributed by atoms with Crippen molar-refractivity contribution in [3.8, 4) is 0 Å². The minimum atomic E-state index is -0.287. The molecule has 0 fully saturated rings. The zero-order chi connectivity index (χ0) is 16.5. The average molecular weight is 319 g/mol. The van der Waals surface area contributed by atoms with E-state index in [0.717, 1.165) is 17.4 Å². The van der Waals surface area contributed by atoms with Crippen LogP contribution in [0.4, 0.5) is 10.5 Å². The van der Waals surface area contributed by atoms with Gasteiger partial charge in [0.1, 0.15) is 0 Å². The van der Waals surface area contributed by atoms with E-state index in [1.54, 1.807) is 16.7 Å². The maximum Gasteiger partial charge on any atom is 0.328 e. The number of rotatable bonds is 1.